The maximum absolute atomic E-state index is 14.3. The number of azide groups is 1. The molecule has 3 aliphatic heterocycles. The lowest BCUT2D eigenvalue weighted by Crippen LogP contribution is -2.64. The Morgan fingerprint density at radius 3 is 2.35 bits per heavy atom. The summed E-state index contributed by atoms with van der Waals surface area (Å²) in [6.45, 7) is 11.1. The molecular formula is C42H66N4O11. The minimum absolute atomic E-state index is 0.0200. The fourth-order valence-electron chi connectivity index (χ4n) is 9.35. The number of piperidine rings is 1. The molecule has 4 aliphatic rings. The molecule has 0 spiro atoms. The molecule has 3 heterocycles. The largest absolute Gasteiger partial charge is 0.456 e. The lowest BCUT2D eigenvalue weighted by Gasteiger charge is -2.47. The molecule has 1 aliphatic carbocycles. The van der Waals surface area contributed by atoms with Gasteiger partial charge in [0.25, 0.3) is 11.7 Å². The van der Waals surface area contributed by atoms with Crippen LogP contribution in [0.4, 0.5) is 0 Å². The number of ketones is 2. The number of hydrogen-bond donors (Lipinski definition) is 3. The van der Waals surface area contributed by atoms with Gasteiger partial charge in [-0.2, -0.15) is 0 Å². The predicted octanol–water partition coefficient (Wildman–Crippen LogP) is 5.14. The molecule has 0 aromatic carbocycles. The van der Waals surface area contributed by atoms with Crippen molar-refractivity contribution in [1.82, 2.24) is 4.90 Å². The van der Waals surface area contributed by atoms with Crippen LogP contribution in [-0.4, -0.2) is 119 Å². The zero-order chi connectivity index (χ0) is 42.2. The molecule has 0 radical (unpaired) electrons. The van der Waals surface area contributed by atoms with Crippen LogP contribution in [0.5, 0.6) is 0 Å². The summed E-state index contributed by atoms with van der Waals surface area (Å²) in [6, 6.07) is -1.80. The number of amides is 1. The third kappa shape index (κ3) is 11.1. The first-order chi connectivity index (χ1) is 27.0. The molecule has 3 N–H and O–H groups in total. The Kier molecular flexibility index (Phi) is 16.9. The third-order valence-corrected chi connectivity index (χ3v) is 12.8. The van der Waals surface area contributed by atoms with Crippen LogP contribution in [0.25, 0.3) is 10.4 Å². The van der Waals surface area contributed by atoms with Crippen molar-refractivity contribution >= 4 is 23.4 Å². The molecule has 3 fully saturated rings. The number of aliphatic hydroxyl groups excluding tert-OH is 2. The van der Waals surface area contributed by atoms with Crippen LogP contribution in [0.1, 0.15) is 112 Å². The second-order valence-corrected chi connectivity index (χ2v) is 17.2. The van der Waals surface area contributed by atoms with E-state index in [0.29, 0.717) is 56.9 Å². The lowest BCUT2D eigenvalue weighted by atomic mass is 9.81. The van der Waals surface area contributed by atoms with E-state index in [-0.39, 0.29) is 43.4 Å². The van der Waals surface area contributed by atoms with Gasteiger partial charge in [-0.1, -0.05) is 50.5 Å². The summed E-state index contributed by atoms with van der Waals surface area (Å²) in [5, 5.41) is 37.8. The van der Waals surface area contributed by atoms with Gasteiger partial charge in [-0.15, -0.1) is 0 Å². The van der Waals surface area contributed by atoms with Gasteiger partial charge < -0.3 is 39.2 Å². The summed E-state index contributed by atoms with van der Waals surface area (Å²) < 4.78 is 24.2. The summed E-state index contributed by atoms with van der Waals surface area (Å²) in [6.07, 6.45) is 3.02. The molecule has 0 aromatic rings. The summed E-state index contributed by atoms with van der Waals surface area (Å²) in [7, 11) is 3.04. The third-order valence-electron chi connectivity index (χ3n) is 12.8. The van der Waals surface area contributed by atoms with E-state index in [1.165, 1.54) is 14.2 Å². The first-order valence-electron chi connectivity index (χ1n) is 20.8. The highest BCUT2D eigenvalue weighted by atomic mass is 16.7. The van der Waals surface area contributed by atoms with Crippen molar-refractivity contribution < 1.29 is 53.4 Å². The molecule has 15 heteroatoms. The second kappa shape index (κ2) is 20.7. The number of methoxy groups -OCH3 is 2. The molecule has 0 aromatic heterocycles. The van der Waals surface area contributed by atoms with Crippen LogP contribution in [0.3, 0.4) is 0 Å². The van der Waals surface area contributed by atoms with Crippen molar-refractivity contribution in [2.45, 2.75) is 167 Å². The first-order valence-corrected chi connectivity index (χ1v) is 20.8. The highest BCUT2D eigenvalue weighted by molar-refractivity contribution is 6.39. The molecule has 14 atom stereocenters. The van der Waals surface area contributed by atoms with Gasteiger partial charge in [0.2, 0.25) is 5.79 Å². The molecule has 2 saturated heterocycles. The van der Waals surface area contributed by atoms with Crippen LogP contribution in [-0.2, 0) is 38.1 Å². The number of Topliss-reactive ketones (excluding diaryl/α,β-unsaturated/α-hetero) is 2. The Bertz CT molecular complexity index is 1550. The Morgan fingerprint density at radius 1 is 1.02 bits per heavy atom. The fraction of sp³-hybridized carbons (Fsp3) is 0.810. The summed E-state index contributed by atoms with van der Waals surface area (Å²) in [5.41, 5.74) is 10.6. The average molecular weight is 803 g/mol. The van der Waals surface area contributed by atoms with E-state index in [1.807, 2.05) is 32.9 Å². The highest BCUT2D eigenvalue weighted by Crippen LogP contribution is 2.39. The van der Waals surface area contributed by atoms with E-state index in [1.54, 1.807) is 20.8 Å². The van der Waals surface area contributed by atoms with Crippen LogP contribution in [0.2, 0.25) is 0 Å². The molecular weight excluding hydrogens is 736 g/mol. The molecule has 57 heavy (non-hydrogen) atoms. The second-order valence-electron chi connectivity index (χ2n) is 17.2. The summed E-state index contributed by atoms with van der Waals surface area (Å²) >= 11 is 0. The molecule has 2 bridgehead atoms. The number of carbonyl (C=O) groups excluding carboxylic acids is 4. The van der Waals surface area contributed by atoms with Gasteiger partial charge in [-0.3, -0.25) is 14.4 Å². The van der Waals surface area contributed by atoms with E-state index >= 15 is 0 Å². The number of rotatable bonds is 6. The smallest absolute Gasteiger partial charge is 0.329 e. The standard InChI is InChI=1S/C42H66N4O11/c1-9-29-17-23(2)16-24(3)18-35(54-7)38-36(55-8)20-26(5)42(53,57-38)39(50)40(51)46-15-11-10-12-31(46)41(52)56-37(27(6)33(48)22-34(29)49)25(4)19-28-13-14-32(47)30(21-28)44-45-43/h17,19,24,26-33,35-38,47-48,53H,9-16,18,20-22H2,1-8H3. The van der Waals surface area contributed by atoms with E-state index in [2.05, 4.69) is 10.0 Å². The van der Waals surface area contributed by atoms with Crippen molar-refractivity contribution in [3.05, 3.63) is 33.7 Å². The van der Waals surface area contributed by atoms with Crippen molar-refractivity contribution in [3.63, 3.8) is 0 Å². The van der Waals surface area contributed by atoms with Crippen LogP contribution in [0, 0.1) is 29.6 Å². The van der Waals surface area contributed by atoms with Gasteiger partial charge in [0.15, 0.2) is 0 Å². The predicted molar refractivity (Wildman–Crippen MR) is 210 cm³/mol. The number of aliphatic hydroxyl groups is 3. The number of fused-ring (bicyclic) bond motifs is 3. The molecule has 4 rings (SSSR count). The van der Waals surface area contributed by atoms with Crippen molar-refractivity contribution in [2.75, 3.05) is 20.8 Å². The Balaban J connectivity index is 1.77. The molecule has 1 saturated carbocycles. The van der Waals surface area contributed by atoms with E-state index in [9.17, 15) is 34.5 Å². The zero-order valence-corrected chi connectivity index (χ0v) is 35.0. The van der Waals surface area contributed by atoms with Gasteiger partial charge in [0.1, 0.15) is 24.0 Å². The number of carbonyl (C=O) groups is 4. The fourth-order valence-corrected chi connectivity index (χ4v) is 9.35. The number of cyclic esters (lactones) is 1. The SMILES string of the molecule is CCC1C=C(C)CC(C)CC(OC)C2OC(O)(C(=O)C(=O)N3CCCCC3C(=O)OC(C(C)=CC3CCC(O)C(N=[N+]=[N-])C3)C(C)C(O)CC1=O)C(C)CC2OC. The quantitative estimate of drug-likeness (QED) is 0.0798. The Morgan fingerprint density at radius 2 is 1.70 bits per heavy atom. The highest BCUT2D eigenvalue weighted by Gasteiger charge is 2.56. The molecule has 1 amide bonds. The minimum atomic E-state index is -2.52. The maximum Gasteiger partial charge on any atom is 0.329 e. The van der Waals surface area contributed by atoms with Crippen LogP contribution >= 0.6 is 0 Å². The van der Waals surface area contributed by atoms with E-state index in [0.717, 1.165) is 10.5 Å². The molecule has 15 nitrogen and oxygen atoms in total. The van der Waals surface area contributed by atoms with Gasteiger partial charge in [0, 0.05) is 49.9 Å². The molecule has 14 unspecified atom stereocenters. The average Bonchev–Trinajstić information content (AvgIpc) is 3.18. The van der Waals surface area contributed by atoms with Crippen molar-refractivity contribution in [1.29, 1.82) is 0 Å². The Labute approximate surface area is 337 Å². The lowest BCUT2D eigenvalue weighted by molar-refractivity contribution is -0.302. The van der Waals surface area contributed by atoms with Gasteiger partial charge in [0.05, 0.1) is 30.5 Å². The van der Waals surface area contributed by atoms with Crippen LogP contribution < -0.4 is 0 Å². The van der Waals surface area contributed by atoms with Crippen molar-refractivity contribution in [2.24, 2.45) is 34.7 Å². The van der Waals surface area contributed by atoms with Gasteiger partial charge in [-0.25, -0.2) is 4.79 Å². The monoisotopic (exact) mass is 802 g/mol. The summed E-state index contributed by atoms with van der Waals surface area (Å²) in [4.78, 5) is 60.5. The zero-order valence-electron chi connectivity index (χ0n) is 35.0. The number of esters is 1. The van der Waals surface area contributed by atoms with E-state index in [4.69, 9.17) is 24.5 Å². The topological polar surface area (TPSA) is 218 Å². The van der Waals surface area contributed by atoms with Gasteiger partial charge >= 0.3 is 5.97 Å². The van der Waals surface area contributed by atoms with Gasteiger partial charge in [-0.05, 0) is 101 Å². The summed E-state index contributed by atoms with van der Waals surface area (Å²) in [5.74, 6) is -7.88. The normalized spacial score (nSPS) is 39.9. The first kappa shape index (κ1) is 46.5. The van der Waals surface area contributed by atoms with Crippen LogP contribution in [0.15, 0.2) is 28.4 Å². The Hall–Kier alpha value is -3.17. The number of allylic oxidation sites excluding steroid dienone is 3. The molecule has 320 valence electrons. The maximum atomic E-state index is 14.3. The van der Waals surface area contributed by atoms with E-state index < -0.39 is 89.9 Å². The number of hydrogen-bond acceptors (Lipinski definition) is 12. The number of nitrogens with zero attached hydrogens (tertiary/aromatic N) is 4. The number of ether oxygens (including phenoxy) is 4. The van der Waals surface area contributed by atoms with Crippen molar-refractivity contribution in [3.8, 4) is 0 Å². The minimum Gasteiger partial charge on any atom is -0.456 e.